The minimum Gasteiger partial charge on any atom is -0.351 e. The Kier molecular flexibility index (Phi) is 6.33. The van der Waals surface area contributed by atoms with E-state index in [4.69, 9.17) is 0 Å². The highest BCUT2D eigenvalue weighted by Crippen LogP contribution is 2.25. The second-order valence-corrected chi connectivity index (χ2v) is 8.67. The van der Waals surface area contributed by atoms with E-state index < -0.39 is 10.8 Å². The number of nitrogens with zero attached hydrogens (tertiary/aromatic N) is 4. The Morgan fingerprint density at radius 1 is 1.26 bits per heavy atom. The first-order chi connectivity index (χ1) is 10.9. The van der Waals surface area contributed by atoms with Gasteiger partial charge in [0.05, 0.1) is 0 Å². The Labute approximate surface area is 142 Å². The van der Waals surface area contributed by atoms with Gasteiger partial charge in [0.1, 0.15) is 5.82 Å². The Bertz CT molecular complexity index is 523. The van der Waals surface area contributed by atoms with Gasteiger partial charge in [-0.25, -0.2) is 0 Å². The van der Waals surface area contributed by atoms with Crippen LogP contribution in [0.15, 0.2) is 0 Å². The van der Waals surface area contributed by atoms with E-state index >= 15 is 0 Å². The largest absolute Gasteiger partial charge is 0.351 e. The molecule has 2 rings (SSSR count). The third kappa shape index (κ3) is 4.86. The highest BCUT2D eigenvalue weighted by atomic mass is 32.2. The average Bonchev–Trinajstić information content (AvgIpc) is 2.53. The van der Waals surface area contributed by atoms with Gasteiger partial charge in [0.25, 0.3) is 0 Å². The zero-order valence-corrected chi connectivity index (χ0v) is 15.7. The van der Waals surface area contributed by atoms with Crippen LogP contribution in [0, 0.1) is 0 Å². The molecule has 1 aromatic heterocycles. The van der Waals surface area contributed by atoms with Crippen LogP contribution in [0.5, 0.6) is 0 Å². The van der Waals surface area contributed by atoms with E-state index in [9.17, 15) is 4.21 Å². The summed E-state index contributed by atoms with van der Waals surface area (Å²) in [4.78, 5) is 15.5. The highest BCUT2D eigenvalue weighted by molar-refractivity contribution is 7.85. The fraction of sp³-hybridized carbons (Fsp3) is 0.812. The van der Waals surface area contributed by atoms with Gasteiger partial charge in [0.2, 0.25) is 11.9 Å². The predicted octanol–water partition coefficient (Wildman–Crippen LogP) is 2.55. The van der Waals surface area contributed by atoms with Crippen LogP contribution in [0.3, 0.4) is 0 Å². The van der Waals surface area contributed by atoms with Gasteiger partial charge in [-0.2, -0.15) is 15.0 Å². The second kappa shape index (κ2) is 8.04. The molecule has 3 atom stereocenters. The zero-order valence-electron chi connectivity index (χ0n) is 14.9. The first-order valence-electron chi connectivity index (χ1n) is 8.47. The van der Waals surface area contributed by atoms with E-state index in [1.165, 1.54) is 0 Å². The number of hydrogen-bond donors (Lipinski definition) is 1. The smallest absolute Gasteiger partial charge is 0.229 e. The van der Waals surface area contributed by atoms with Crippen LogP contribution in [0.1, 0.15) is 58.2 Å². The molecule has 1 saturated carbocycles. The van der Waals surface area contributed by atoms with E-state index in [-0.39, 0.29) is 5.92 Å². The van der Waals surface area contributed by atoms with Crippen molar-refractivity contribution in [1.29, 1.82) is 0 Å². The molecule has 0 aromatic carbocycles. The summed E-state index contributed by atoms with van der Waals surface area (Å²) in [6.07, 6.45) is 4.19. The number of aromatic nitrogens is 3. The maximum absolute atomic E-state index is 12.1. The Morgan fingerprint density at radius 3 is 2.61 bits per heavy atom. The first kappa shape index (κ1) is 18.1. The summed E-state index contributed by atoms with van der Waals surface area (Å²) in [6.45, 7) is 6.16. The number of nitrogens with one attached hydrogen (secondary N) is 1. The van der Waals surface area contributed by atoms with Crippen molar-refractivity contribution in [3.8, 4) is 0 Å². The lowest BCUT2D eigenvalue weighted by atomic mass is 9.95. The first-order valence-corrected chi connectivity index (χ1v) is 9.85. The number of rotatable bonds is 6. The summed E-state index contributed by atoms with van der Waals surface area (Å²) in [5.74, 6) is 3.11. The van der Waals surface area contributed by atoms with Crippen molar-refractivity contribution in [3.05, 3.63) is 5.82 Å². The van der Waals surface area contributed by atoms with E-state index in [0.717, 1.165) is 37.3 Å². The molecule has 23 heavy (non-hydrogen) atoms. The zero-order chi connectivity index (χ0) is 17.0. The average molecular weight is 340 g/mol. The van der Waals surface area contributed by atoms with Crippen molar-refractivity contribution in [2.24, 2.45) is 0 Å². The molecule has 1 aromatic rings. The fourth-order valence-corrected chi connectivity index (χ4v) is 4.18. The van der Waals surface area contributed by atoms with Gasteiger partial charge in [0, 0.05) is 47.9 Å². The third-order valence-electron chi connectivity index (χ3n) is 4.17. The second-order valence-electron chi connectivity index (χ2n) is 6.67. The van der Waals surface area contributed by atoms with Crippen LogP contribution in [0.25, 0.3) is 0 Å². The van der Waals surface area contributed by atoms with Crippen LogP contribution in [-0.4, -0.2) is 50.3 Å². The summed E-state index contributed by atoms with van der Waals surface area (Å²) in [7, 11) is 3.15. The van der Waals surface area contributed by atoms with Crippen molar-refractivity contribution in [2.45, 2.75) is 63.7 Å². The van der Waals surface area contributed by atoms with E-state index in [1.54, 1.807) is 0 Å². The molecule has 6 nitrogen and oxygen atoms in total. The van der Waals surface area contributed by atoms with Gasteiger partial charge in [-0.05, 0) is 19.3 Å². The minimum atomic E-state index is -0.717. The number of anilines is 2. The maximum atomic E-state index is 12.1. The molecule has 3 unspecified atom stereocenters. The van der Waals surface area contributed by atoms with Gasteiger partial charge in [-0.15, -0.1) is 0 Å². The van der Waals surface area contributed by atoms with Gasteiger partial charge >= 0.3 is 0 Å². The molecule has 0 amide bonds. The van der Waals surface area contributed by atoms with Crippen LogP contribution in [0.4, 0.5) is 11.9 Å². The molecule has 0 radical (unpaired) electrons. The van der Waals surface area contributed by atoms with Gasteiger partial charge in [-0.3, -0.25) is 4.21 Å². The fourth-order valence-electron chi connectivity index (χ4n) is 2.84. The Hall–Kier alpha value is -1.24. The molecule has 1 heterocycles. The molecular formula is C16H29N5OS. The Morgan fingerprint density at radius 2 is 2.00 bits per heavy atom. The maximum Gasteiger partial charge on any atom is 0.229 e. The Balaban J connectivity index is 2.13. The van der Waals surface area contributed by atoms with Gasteiger partial charge < -0.3 is 10.2 Å². The molecule has 130 valence electrons. The van der Waals surface area contributed by atoms with Crippen LogP contribution >= 0.6 is 0 Å². The van der Waals surface area contributed by atoms with Crippen LogP contribution in [-0.2, 0) is 10.8 Å². The molecule has 1 aliphatic carbocycles. The SMILES string of the molecule is CCS(=O)C1CCCC(Nc2nc(C(C)C)nc(N(C)C)n2)C1. The molecule has 1 N–H and O–H groups in total. The monoisotopic (exact) mass is 339 g/mol. The van der Waals surface area contributed by atoms with E-state index in [0.29, 0.717) is 23.2 Å². The van der Waals surface area contributed by atoms with Crippen molar-refractivity contribution in [1.82, 2.24) is 15.0 Å². The van der Waals surface area contributed by atoms with Gasteiger partial charge in [0.15, 0.2) is 0 Å². The van der Waals surface area contributed by atoms with E-state index in [2.05, 4.69) is 34.1 Å². The highest BCUT2D eigenvalue weighted by Gasteiger charge is 2.26. The summed E-state index contributed by atoms with van der Waals surface area (Å²) in [6, 6.07) is 0.293. The normalized spacial score (nSPS) is 22.9. The summed E-state index contributed by atoms with van der Waals surface area (Å²) in [5.41, 5.74) is 0. The standard InChI is InChI=1S/C16H29N5OS/c1-6-23(22)13-9-7-8-12(10-13)17-15-18-14(11(2)3)19-16(20-15)21(4)5/h11-13H,6-10H2,1-5H3,(H,17,18,19,20). The summed E-state index contributed by atoms with van der Waals surface area (Å²) in [5, 5.41) is 3.75. The lowest BCUT2D eigenvalue weighted by Gasteiger charge is -2.29. The molecule has 0 aliphatic heterocycles. The molecule has 0 saturated heterocycles. The molecule has 0 bridgehead atoms. The van der Waals surface area contributed by atoms with Crippen LogP contribution < -0.4 is 10.2 Å². The van der Waals surface area contributed by atoms with Crippen molar-refractivity contribution >= 4 is 22.7 Å². The molecule has 0 spiro atoms. The van der Waals surface area contributed by atoms with E-state index in [1.807, 2.05) is 25.9 Å². The minimum absolute atomic E-state index is 0.254. The molecule has 7 heteroatoms. The topological polar surface area (TPSA) is 71.0 Å². The molecular weight excluding hydrogens is 310 g/mol. The molecule has 1 fully saturated rings. The third-order valence-corrected chi connectivity index (χ3v) is 5.91. The van der Waals surface area contributed by atoms with Crippen molar-refractivity contribution in [2.75, 3.05) is 30.1 Å². The molecule has 1 aliphatic rings. The summed E-state index contributed by atoms with van der Waals surface area (Å²) >= 11 is 0. The van der Waals surface area contributed by atoms with Crippen LogP contribution in [0.2, 0.25) is 0 Å². The van der Waals surface area contributed by atoms with Crippen molar-refractivity contribution < 1.29 is 4.21 Å². The predicted molar refractivity (Wildman–Crippen MR) is 96.6 cm³/mol. The lowest BCUT2D eigenvalue weighted by molar-refractivity contribution is 0.463. The lowest BCUT2D eigenvalue weighted by Crippen LogP contribution is -2.33. The quantitative estimate of drug-likeness (QED) is 0.859. The van der Waals surface area contributed by atoms with Gasteiger partial charge in [-0.1, -0.05) is 27.2 Å². The summed E-state index contributed by atoms with van der Waals surface area (Å²) < 4.78 is 12.1. The van der Waals surface area contributed by atoms with Crippen molar-refractivity contribution in [3.63, 3.8) is 0 Å². The number of hydrogen-bond acceptors (Lipinski definition) is 6.